The van der Waals surface area contributed by atoms with Crippen LogP contribution in [-0.4, -0.2) is 50.1 Å². The van der Waals surface area contributed by atoms with E-state index in [4.69, 9.17) is 4.74 Å². The summed E-state index contributed by atoms with van der Waals surface area (Å²) >= 11 is 0. The molecule has 1 atom stereocenters. The standard InChI is InChI=1S/C26H35N3O3/c1-18(2)25(30)27-22-11-12-24(28(4)5)21(15-22)16-29(17-23-10-7-13-32-23)26(31)20-9-6-8-19(3)14-20/h6,8-9,11-12,14-15,18,23H,7,10,13,16-17H2,1-5H3,(H,27,30)/t23-/m0/s1. The van der Waals surface area contributed by atoms with E-state index in [2.05, 4.69) is 5.32 Å². The highest BCUT2D eigenvalue weighted by Gasteiger charge is 2.25. The van der Waals surface area contributed by atoms with Gasteiger partial charge in [-0.1, -0.05) is 31.5 Å². The van der Waals surface area contributed by atoms with Gasteiger partial charge in [-0.25, -0.2) is 0 Å². The number of amides is 2. The Morgan fingerprint density at radius 1 is 1.16 bits per heavy atom. The molecule has 2 aromatic carbocycles. The maximum atomic E-state index is 13.5. The zero-order valence-corrected chi connectivity index (χ0v) is 19.9. The zero-order valence-electron chi connectivity index (χ0n) is 19.9. The number of carbonyl (C=O) groups excluding carboxylic acids is 2. The SMILES string of the molecule is Cc1cccc(C(=O)N(Cc2cc(NC(=O)C(C)C)ccc2N(C)C)C[C@@H]2CCCO2)c1. The zero-order chi connectivity index (χ0) is 23.3. The number of hydrogen-bond acceptors (Lipinski definition) is 4. The van der Waals surface area contributed by atoms with Crippen LogP contribution >= 0.6 is 0 Å². The lowest BCUT2D eigenvalue weighted by molar-refractivity contribution is -0.118. The van der Waals surface area contributed by atoms with E-state index in [1.165, 1.54) is 0 Å². The third kappa shape index (κ3) is 6.10. The van der Waals surface area contributed by atoms with Crippen molar-refractivity contribution in [3.8, 4) is 0 Å². The molecular weight excluding hydrogens is 402 g/mol. The molecule has 0 aliphatic carbocycles. The molecule has 0 radical (unpaired) electrons. The molecule has 0 spiro atoms. The highest BCUT2D eigenvalue weighted by molar-refractivity contribution is 5.95. The fourth-order valence-corrected chi connectivity index (χ4v) is 3.93. The Bertz CT molecular complexity index is 949. The second-order valence-electron chi connectivity index (χ2n) is 9.07. The lowest BCUT2D eigenvalue weighted by atomic mass is 10.1. The van der Waals surface area contributed by atoms with Gasteiger partial charge in [-0.15, -0.1) is 0 Å². The monoisotopic (exact) mass is 437 g/mol. The van der Waals surface area contributed by atoms with Gasteiger partial charge < -0.3 is 19.9 Å². The number of anilines is 2. The van der Waals surface area contributed by atoms with E-state index >= 15 is 0 Å². The second-order valence-corrected chi connectivity index (χ2v) is 9.07. The summed E-state index contributed by atoms with van der Waals surface area (Å²) in [4.78, 5) is 29.6. The van der Waals surface area contributed by atoms with Gasteiger partial charge in [0.25, 0.3) is 5.91 Å². The fraction of sp³-hybridized carbons (Fsp3) is 0.462. The summed E-state index contributed by atoms with van der Waals surface area (Å²) in [6.07, 6.45) is 2.04. The number of nitrogens with one attached hydrogen (secondary N) is 1. The predicted octanol–water partition coefficient (Wildman–Crippen LogP) is 4.48. The topological polar surface area (TPSA) is 61.9 Å². The van der Waals surface area contributed by atoms with Crippen molar-refractivity contribution in [2.75, 3.05) is 37.5 Å². The number of carbonyl (C=O) groups is 2. The summed E-state index contributed by atoms with van der Waals surface area (Å²) in [6.45, 7) is 7.46. The van der Waals surface area contributed by atoms with Gasteiger partial charge >= 0.3 is 0 Å². The van der Waals surface area contributed by atoms with Gasteiger partial charge in [0.2, 0.25) is 5.91 Å². The molecule has 1 aliphatic rings. The molecule has 0 unspecified atom stereocenters. The normalized spacial score (nSPS) is 15.6. The summed E-state index contributed by atoms with van der Waals surface area (Å²) in [7, 11) is 3.97. The molecule has 1 fully saturated rings. The molecular formula is C26H35N3O3. The fourth-order valence-electron chi connectivity index (χ4n) is 3.93. The molecule has 1 heterocycles. The van der Waals surface area contributed by atoms with Gasteiger partial charge in [-0.05, 0) is 55.7 Å². The van der Waals surface area contributed by atoms with Crippen molar-refractivity contribution in [3.05, 3.63) is 59.2 Å². The number of hydrogen-bond donors (Lipinski definition) is 1. The van der Waals surface area contributed by atoms with E-state index in [-0.39, 0.29) is 23.8 Å². The minimum Gasteiger partial charge on any atom is -0.377 e. The van der Waals surface area contributed by atoms with Gasteiger partial charge in [0.05, 0.1) is 6.10 Å². The van der Waals surface area contributed by atoms with E-state index in [1.54, 1.807) is 0 Å². The molecule has 2 amide bonds. The van der Waals surface area contributed by atoms with Gasteiger partial charge in [-0.2, -0.15) is 0 Å². The number of benzene rings is 2. The average molecular weight is 438 g/mol. The van der Waals surface area contributed by atoms with Crippen LogP contribution in [0.1, 0.15) is 48.2 Å². The van der Waals surface area contributed by atoms with Crippen LogP contribution < -0.4 is 10.2 Å². The Morgan fingerprint density at radius 3 is 2.56 bits per heavy atom. The van der Waals surface area contributed by atoms with Crippen LogP contribution in [0.2, 0.25) is 0 Å². The van der Waals surface area contributed by atoms with Crippen LogP contribution in [0.25, 0.3) is 0 Å². The van der Waals surface area contributed by atoms with Gasteiger partial charge in [-0.3, -0.25) is 9.59 Å². The summed E-state index contributed by atoms with van der Waals surface area (Å²) in [5.41, 5.74) is 4.47. The molecule has 0 bridgehead atoms. The molecule has 2 aromatic rings. The quantitative estimate of drug-likeness (QED) is 0.662. The Labute approximate surface area is 191 Å². The Kier molecular flexibility index (Phi) is 7.91. The van der Waals surface area contributed by atoms with Crippen LogP contribution in [0.15, 0.2) is 42.5 Å². The van der Waals surface area contributed by atoms with Gasteiger partial charge in [0.1, 0.15) is 0 Å². The third-order valence-electron chi connectivity index (χ3n) is 5.71. The Balaban J connectivity index is 1.92. The van der Waals surface area contributed by atoms with Crippen molar-refractivity contribution in [1.29, 1.82) is 0 Å². The average Bonchev–Trinajstić information content (AvgIpc) is 3.25. The van der Waals surface area contributed by atoms with Crippen LogP contribution in [0.3, 0.4) is 0 Å². The highest BCUT2D eigenvalue weighted by Crippen LogP contribution is 2.26. The third-order valence-corrected chi connectivity index (χ3v) is 5.71. The van der Waals surface area contributed by atoms with Crippen molar-refractivity contribution < 1.29 is 14.3 Å². The Morgan fingerprint density at radius 2 is 1.94 bits per heavy atom. The van der Waals surface area contributed by atoms with Crippen molar-refractivity contribution >= 4 is 23.2 Å². The van der Waals surface area contributed by atoms with Gasteiger partial charge in [0.15, 0.2) is 0 Å². The molecule has 0 saturated carbocycles. The molecule has 0 aromatic heterocycles. The number of nitrogens with zero attached hydrogens (tertiary/aromatic N) is 2. The molecule has 32 heavy (non-hydrogen) atoms. The van der Waals surface area contributed by atoms with Crippen LogP contribution in [0.5, 0.6) is 0 Å². The molecule has 6 nitrogen and oxygen atoms in total. The highest BCUT2D eigenvalue weighted by atomic mass is 16.5. The smallest absolute Gasteiger partial charge is 0.254 e. The minimum absolute atomic E-state index is 0.00877. The first-order chi connectivity index (χ1) is 15.2. The maximum absolute atomic E-state index is 13.5. The Hall–Kier alpha value is -2.86. The van der Waals surface area contributed by atoms with Gasteiger partial charge in [0, 0.05) is 56.6 Å². The molecule has 1 N–H and O–H groups in total. The lowest BCUT2D eigenvalue weighted by Crippen LogP contribution is -2.37. The van der Waals surface area contributed by atoms with Crippen molar-refractivity contribution in [3.63, 3.8) is 0 Å². The first kappa shape index (κ1) is 23.8. The lowest BCUT2D eigenvalue weighted by Gasteiger charge is -2.28. The van der Waals surface area contributed by atoms with E-state index in [0.717, 1.165) is 42.0 Å². The minimum atomic E-state index is -0.106. The van der Waals surface area contributed by atoms with Crippen LogP contribution in [0.4, 0.5) is 11.4 Å². The molecule has 172 valence electrons. The van der Waals surface area contributed by atoms with Crippen molar-refractivity contribution in [2.45, 2.75) is 46.3 Å². The first-order valence-corrected chi connectivity index (χ1v) is 11.3. The number of ether oxygens (including phenoxy) is 1. The largest absolute Gasteiger partial charge is 0.377 e. The van der Waals surface area contributed by atoms with E-state index < -0.39 is 0 Å². The number of aryl methyl sites for hydroxylation is 1. The summed E-state index contributed by atoms with van der Waals surface area (Å²) < 4.78 is 5.85. The first-order valence-electron chi connectivity index (χ1n) is 11.3. The van der Waals surface area contributed by atoms with E-state index in [0.29, 0.717) is 18.7 Å². The van der Waals surface area contributed by atoms with Crippen molar-refractivity contribution in [1.82, 2.24) is 4.90 Å². The maximum Gasteiger partial charge on any atom is 0.254 e. The number of rotatable bonds is 8. The van der Waals surface area contributed by atoms with E-state index in [1.807, 2.05) is 87.1 Å². The molecule has 3 rings (SSSR count). The second kappa shape index (κ2) is 10.6. The summed E-state index contributed by atoms with van der Waals surface area (Å²) in [5.74, 6) is -0.142. The summed E-state index contributed by atoms with van der Waals surface area (Å²) in [6, 6.07) is 13.6. The van der Waals surface area contributed by atoms with Crippen LogP contribution in [-0.2, 0) is 16.1 Å². The summed E-state index contributed by atoms with van der Waals surface area (Å²) in [5, 5.41) is 2.98. The van der Waals surface area contributed by atoms with Crippen LogP contribution in [0, 0.1) is 12.8 Å². The van der Waals surface area contributed by atoms with Crippen molar-refractivity contribution in [2.24, 2.45) is 5.92 Å². The molecule has 1 saturated heterocycles. The predicted molar refractivity (Wildman–Crippen MR) is 129 cm³/mol. The molecule has 1 aliphatic heterocycles. The van der Waals surface area contributed by atoms with E-state index in [9.17, 15) is 9.59 Å². The molecule has 6 heteroatoms.